The SMILES string of the molecule is CC(=O)OC[C@H]1O[C@@H](O[C@@H]2[C@H](NC(=O)OC(C)(C)C)[C@@H](N=[N+]=[N-])C[C@H](NC(=O)OC(C)(C)C)[C@H]2O[C@H]2O[C@H](CNC(=O)OC(C)(C)C)[C@@H](OC(C)=O)[C@H]3[C@@H]2N3C(=O)OC(C)(C)C)[C@H](OC(C)=O)[C@@H]1O[C@H]1O[C@@H](CNC(=O)OC(C)(C)C)[C@@H](OC(C)=O)[C@H](N=[N+]=[N-])[C@H]1NC(=O)OC(C)(C)C. The molecule has 38 nitrogen and oxygen atoms in total. The summed E-state index contributed by atoms with van der Waals surface area (Å²) in [6.45, 7) is 30.7. The predicted octanol–water partition coefficient (Wildman–Crippen LogP) is 6.15. The van der Waals surface area contributed by atoms with Gasteiger partial charge in [0.05, 0.1) is 37.3 Å². The summed E-state index contributed by atoms with van der Waals surface area (Å²) in [7, 11) is 0. The molecule has 4 heterocycles. The van der Waals surface area contributed by atoms with Crippen molar-refractivity contribution in [2.24, 2.45) is 10.2 Å². The number of rotatable bonds is 20. The molecule has 4 aliphatic heterocycles. The van der Waals surface area contributed by atoms with E-state index in [9.17, 15) is 59.0 Å². The average molecular weight is 1420 g/mol. The van der Waals surface area contributed by atoms with Gasteiger partial charge in [-0.2, -0.15) is 0 Å². The molecule has 558 valence electrons. The fourth-order valence-electron chi connectivity index (χ4n) is 11.0. The van der Waals surface area contributed by atoms with Gasteiger partial charge in [-0.05, 0) is 142 Å². The molecule has 4 saturated heterocycles. The second-order valence-electron chi connectivity index (χ2n) is 29.9. The minimum absolute atomic E-state index is 0.444. The van der Waals surface area contributed by atoms with Gasteiger partial charge in [0.15, 0.2) is 31.1 Å². The Hall–Kier alpha value is -8.12. The van der Waals surface area contributed by atoms with Gasteiger partial charge in [-0.3, -0.25) is 24.1 Å². The molecule has 0 unspecified atom stereocenters. The van der Waals surface area contributed by atoms with Crippen LogP contribution in [0.1, 0.15) is 159 Å². The highest BCUT2D eigenvalue weighted by atomic mass is 16.8. The van der Waals surface area contributed by atoms with Crippen LogP contribution >= 0.6 is 0 Å². The molecule has 0 aromatic heterocycles. The summed E-state index contributed by atoms with van der Waals surface area (Å²) in [6, 6.07) is -10.6. The molecule has 0 aromatic rings. The van der Waals surface area contributed by atoms with Crippen molar-refractivity contribution in [3.63, 3.8) is 0 Å². The van der Waals surface area contributed by atoms with Crippen LogP contribution in [-0.4, -0.2) is 235 Å². The number of azide groups is 2. The van der Waals surface area contributed by atoms with E-state index in [0.717, 1.165) is 27.7 Å². The third-order valence-corrected chi connectivity index (χ3v) is 14.1. The van der Waals surface area contributed by atoms with Crippen LogP contribution in [0.3, 0.4) is 0 Å². The molecule has 0 spiro atoms. The minimum atomic E-state index is -2.07. The third kappa shape index (κ3) is 25.5. The topological polar surface area (TPSA) is 479 Å². The smallest absolute Gasteiger partial charge is 0.411 e. The molecule has 0 aromatic carbocycles. The standard InChI is InChI=1S/C61H98N12O26/c1-27(74)84-26-35-44(92-47-38(68-54(82)98-60(17,18)19)37(70-72-63)42(85-28(2)75)33(88-47)24-64-50(78)94-56(5,6)7)46(87-30(4)77)49(90-35)93-45-36(67-53(81)97-59(14,15)16)31(69-71-62)23-32(66-52(80)96-58(11,12)13)41(45)91-48-40-39(73(40)55(83)99-61(20,21)22)43(86-29(3)76)34(89-48)25-65-51(79)95-57(8,9)10/h31-49H,23-26H2,1-22H3,(H,64,78)(H,65,79)(H,66,80)(H,67,81)(H,68,82)/t31-,32-,33-,34+,35+,36+,37+,38+,39+,40-,41+,42+,43+,44+,45+,46+,47+,48+,49-,73?/m0/s1. The number of alkyl carbamates (subject to hydrolysis) is 5. The lowest BCUT2D eigenvalue weighted by molar-refractivity contribution is -0.281. The molecule has 6 amide bonds. The van der Waals surface area contributed by atoms with Crippen LogP contribution < -0.4 is 26.6 Å². The quantitative estimate of drug-likeness (QED) is 0.0228. The van der Waals surface area contributed by atoms with Crippen LogP contribution in [0.4, 0.5) is 28.8 Å². The maximum atomic E-state index is 14.4. The number of hydrogen-bond donors (Lipinski definition) is 5. The second kappa shape index (κ2) is 32.9. The summed E-state index contributed by atoms with van der Waals surface area (Å²) in [5.74, 6) is -3.71. The van der Waals surface area contributed by atoms with Gasteiger partial charge in [0, 0.05) is 37.5 Å². The lowest BCUT2D eigenvalue weighted by atomic mass is 9.82. The maximum absolute atomic E-state index is 14.4. The number of fused-ring (bicyclic) bond motifs is 1. The van der Waals surface area contributed by atoms with E-state index in [1.807, 2.05) is 0 Å². The molecule has 5 rings (SSSR count). The van der Waals surface area contributed by atoms with Crippen molar-refractivity contribution >= 4 is 60.4 Å². The van der Waals surface area contributed by atoms with Crippen LogP contribution in [0, 0.1) is 0 Å². The van der Waals surface area contributed by atoms with Crippen molar-refractivity contribution in [3.8, 4) is 0 Å². The van der Waals surface area contributed by atoms with Gasteiger partial charge in [-0.1, -0.05) is 10.2 Å². The van der Waals surface area contributed by atoms with Gasteiger partial charge < -0.3 is 102 Å². The summed E-state index contributed by atoms with van der Waals surface area (Å²) in [6.07, 6.45) is -27.7. The largest absolute Gasteiger partial charge is 0.463 e. The van der Waals surface area contributed by atoms with Crippen LogP contribution in [0.5, 0.6) is 0 Å². The molecule has 5 fully saturated rings. The van der Waals surface area contributed by atoms with E-state index < -0.39 is 236 Å². The van der Waals surface area contributed by atoms with E-state index in [1.54, 1.807) is 104 Å². The summed E-state index contributed by atoms with van der Waals surface area (Å²) in [4.78, 5) is 143. The zero-order valence-electron chi connectivity index (χ0n) is 60.0. The molecule has 5 N–H and O–H groups in total. The maximum Gasteiger partial charge on any atom is 0.411 e. The zero-order chi connectivity index (χ0) is 74.8. The van der Waals surface area contributed by atoms with E-state index in [0.29, 0.717) is 0 Å². The first-order valence-corrected chi connectivity index (χ1v) is 32.1. The third-order valence-electron chi connectivity index (χ3n) is 14.1. The van der Waals surface area contributed by atoms with Crippen molar-refractivity contribution in [2.45, 2.75) is 308 Å². The van der Waals surface area contributed by atoms with Crippen LogP contribution in [0.25, 0.3) is 20.9 Å². The van der Waals surface area contributed by atoms with Crippen LogP contribution in [0.2, 0.25) is 0 Å². The van der Waals surface area contributed by atoms with Crippen molar-refractivity contribution in [2.75, 3.05) is 19.7 Å². The first-order chi connectivity index (χ1) is 45.4. The van der Waals surface area contributed by atoms with Crippen molar-refractivity contribution in [1.82, 2.24) is 31.5 Å². The summed E-state index contributed by atoms with van der Waals surface area (Å²) < 4.78 is 97.4. The van der Waals surface area contributed by atoms with Gasteiger partial charge in [-0.15, -0.1) is 0 Å². The molecular formula is C61H98N12O26. The van der Waals surface area contributed by atoms with E-state index in [1.165, 1.54) is 25.7 Å². The van der Waals surface area contributed by atoms with E-state index in [2.05, 4.69) is 46.6 Å². The van der Waals surface area contributed by atoms with Crippen LogP contribution in [-0.2, 0) is 95.0 Å². The van der Waals surface area contributed by atoms with Crippen molar-refractivity contribution in [3.05, 3.63) is 20.9 Å². The molecule has 19 atom stereocenters. The molecule has 1 saturated carbocycles. The molecule has 38 heteroatoms. The number of hydrogen-bond acceptors (Lipinski definition) is 28. The first-order valence-electron chi connectivity index (χ1n) is 32.1. The Morgan fingerprint density at radius 3 is 1.30 bits per heavy atom. The number of carbonyl (C=O) groups excluding carboxylic acids is 10. The number of nitrogens with one attached hydrogen (secondary N) is 5. The molecule has 5 aliphatic rings. The van der Waals surface area contributed by atoms with Crippen molar-refractivity contribution < 1.29 is 124 Å². The summed E-state index contributed by atoms with van der Waals surface area (Å²) >= 11 is 0. The number of carbonyl (C=O) groups is 10. The first kappa shape index (κ1) is 81.6. The Morgan fingerprint density at radius 2 is 0.838 bits per heavy atom. The van der Waals surface area contributed by atoms with Gasteiger partial charge in [0.1, 0.15) is 101 Å². The molecule has 99 heavy (non-hydrogen) atoms. The highest BCUT2D eigenvalue weighted by Gasteiger charge is 2.69. The average Bonchev–Trinajstić information content (AvgIpc) is 1.55. The van der Waals surface area contributed by atoms with Gasteiger partial charge in [0.2, 0.25) is 0 Å². The number of esters is 4. The Bertz CT molecular complexity index is 3020. The minimum Gasteiger partial charge on any atom is -0.463 e. The monoisotopic (exact) mass is 1410 g/mol. The fourth-order valence-corrected chi connectivity index (χ4v) is 11.0. The Morgan fingerprint density at radius 1 is 0.434 bits per heavy atom. The molecule has 1 aliphatic carbocycles. The highest BCUT2D eigenvalue weighted by molar-refractivity contribution is 5.74. The Kier molecular flexibility index (Phi) is 27.1. The van der Waals surface area contributed by atoms with Gasteiger partial charge in [-0.25, -0.2) is 28.8 Å². The lowest BCUT2D eigenvalue weighted by Gasteiger charge is -2.47. The number of ether oxygens (including phenoxy) is 16. The normalized spacial score (nSPS) is 29.9. The van der Waals surface area contributed by atoms with Crippen molar-refractivity contribution in [1.29, 1.82) is 0 Å². The van der Waals surface area contributed by atoms with E-state index >= 15 is 0 Å². The second-order valence-corrected chi connectivity index (χ2v) is 29.9. The Labute approximate surface area is 573 Å². The van der Waals surface area contributed by atoms with E-state index in [-0.39, 0.29) is 0 Å². The summed E-state index contributed by atoms with van der Waals surface area (Å²) in [5, 5.41) is 21.1. The highest BCUT2D eigenvalue weighted by Crippen LogP contribution is 2.46. The molecule has 0 radical (unpaired) electrons. The van der Waals surface area contributed by atoms with Crippen LogP contribution in [0.15, 0.2) is 10.2 Å². The number of nitrogens with zero attached hydrogens (tertiary/aromatic N) is 7. The lowest BCUT2D eigenvalue weighted by Crippen LogP contribution is -2.68. The summed E-state index contributed by atoms with van der Waals surface area (Å²) in [5.41, 5.74) is 13.8. The predicted molar refractivity (Wildman–Crippen MR) is 338 cm³/mol. The number of amides is 6. The fraction of sp³-hybridized carbons (Fsp3) is 0.836. The zero-order valence-corrected chi connectivity index (χ0v) is 60.0. The van der Waals surface area contributed by atoms with E-state index in [4.69, 9.17) is 75.8 Å². The Balaban J connectivity index is 1.80. The van der Waals surface area contributed by atoms with Gasteiger partial charge >= 0.3 is 60.4 Å². The molecular weight excluding hydrogens is 1320 g/mol. The molecule has 0 bridgehead atoms. The van der Waals surface area contributed by atoms with Gasteiger partial charge in [0.25, 0.3) is 0 Å².